The standard InChI is InChI=1S/C21H17N.C16H15N.C11H10N2.2C11H13NO.C10H10ClN.2C10H10FN/c1-16-19-14-8-9-15-20(19)22(18-12-6-3-7-13-18)21(16)17-10-4-2-5-11-17;1-12-14-10-6-7-11-15(14)17(2)16(12)13-8-4-3-5-9-13;1-8-7-13(2)11-4-3-9(6-12)5-10(8)11;1-8-7-12(2)11-5-4-9(13-3)6-10(8)11;1-8-7-12(2)9-5-4-6-10(13-3)11(8)9;2*1-7-6-12(2)10-4-3-8(11)5-9(7)10;1-7-6-12(2)9-5-3-4-8(11)10(7)9/h2-15H,1H3;3-11H,1-2H3;3-5,7H,1-2H3;2*4-7H,1-3H3;3*3-6H,1-2H3. The first-order chi connectivity index (χ1) is 54.9. The minimum absolute atomic E-state index is 0.134. The van der Waals surface area contributed by atoms with Gasteiger partial charge in [0.25, 0.3) is 0 Å². The molecular formula is C100H98ClF2N9O2. The summed E-state index contributed by atoms with van der Waals surface area (Å²) in [6, 6.07) is 85.1. The topological polar surface area (TPSA) is 81.7 Å². The van der Waals surface area contributed by atoms with Crippen LogP contribution >= 0.6 is 11.6 Å². The van der Waals surface area contributed by atoms with E-state index in [1.165, 1.54) is 139 Å². The van der Waals surface area contributed by atoms with Crippen molar-refractivity contribution in [1.82, 2.24) is 36.5 Å². The van der Waals surface area contributed by atoms with Crippen LogP contribution in [0.2, 0.25) is 5.02 Å². The van der Waals surface area contributed by atoms with Crippen LogP contribution in [0.4, 0.5) is 8.78 Å². The molecule has 19 rings (SSSR count). The van der Waals surface area contributed by atoms with Gasteiger partial charge >= 0.3 is 0 Å². The lowest BCUT2D eigenvalue weighted by Gasteiger charge is -2.12. The number of ether oxygens (including phenoxy) is 2. The van der Waals surface area contributed by atoms with Crippen LogP contribution in [0.5, 0.6) is 11.5 Å². The number of nitrogens with zero attached hydrogens (tertiary/aromatic N) is 9. The molecule has 14 heteroatoms. The van der Waals surface area contributed by atoms with Crippen molar-refractivity contribution in [3.8, 4) is 45.8 Å². The maximum absolute atomic E-state index is 13.2. The van der Waals surface area contributed by atoms with Crippen LogP contribution in [-0.4, -0.2) is 50.8 Å². The van der Waals surface area contributed by atoms with Gasteiger partial charge in [-0.2, -0.15) is 5.26 Å². The Morgan fingerprint density at radius 1 is 0.333 bits per heavy atom. The second kappa shape index (κ2) is 35.6. The predicted octanol–water partition coefficient (Wildman–Crippen LogP) is 25.5. The number of hydrogen-bond donors (Lipinski definition) is 0. The molecule has 0 spiro atoms. The van der Waals surface area contributed by atoms with E-state index >= 15 is 0 Å². The van der Waals surface area contributed by atoms with Crippen molar-refractivity contribution in [2.75, 3.05) is 14.2 Å². The van der Waals surface area contributed by atoms with Crippen LogP contribution in [0.15, 0.2) is 286 Å². The first kappa shape index (κ1) is 80.5. The number of fused-ring (bicyclic) bond motifs is 8. The number of para-hydroxylation sites is 3. The van der Waals surface area contributed by atoms with E-state index < -0.39 is 0 Å². The Labute approximate surface area is 672 Å². The second-order valence-electron chi connectivity index (χ2n) is 29.0. The zero-order valence-electron chi connectivity index (χ0n) is 68.1. The quantitative estimate of drug-likeness (QED) is 0.172. The lowest BCUT2D eigenvalue weighted by Crippen LogP contribution is -1.96. The van der Waals surface area contributed by atoms with Gasteiger partial charge in [0.05, 0.1) is 53.8 Å². The van der Waals surface area contributed by atoms with Crippen LogP contribution in [0.3, 0.4) is 0 Å². The summed E-state index contributed by atoms with van der Waals surface area (Å²) in [5.74, 6) is 1.57. The second-order valence-corrected chi connectivity index (χ2v) is 29.5. The third-order valence-corrected chi connectivity index (χ3v) is 21.4. The predicted molar refractivity (Wildman–Crippen MR) is 475 cm³/mol. The minimum atomic E-state index is -0.170. The number of rotatable bonds is 5. The summed E-state index contributed by atoms with van der Waals surface area (Å²) in [4.78, 5) is 0. The highest BCUT2D eigenvalue weighted by molar-refractivity contribution is 6.31. The van der Waals surface area contributed by atoms with E-state index in [-0.39, 0.29) is 11.6 Å². The van der Waals surface area contributed by atoms with Gasteiger partial charge in [-0.3, -0.25) is 0 Å². The van der Waals surface area contributed by atoms with Gasteiger partial charge in [0.15, 0.2) is 0 Å². The van der Waals surface area contributed by atoms with E-state index in [1.54, 1.807) is 32.4 Å². The van der Waals surface area contributed by atoms with Gasteiger partial charge in [-0.15, -0.1) is 0 Å². The average Bonchev–Trinajstić information content (AvgIpc) is 1.62. The van der Waals surface area contributed by atoms with Gasteiger partial charge < -0.3 is 46.0 Å². The number of methoxy groups -OCH3 is 2. The van der Waals surface area contributed by atoms with Crippen molar-refractivity contribution in [2.24, 2.45) is 49.3 Å². The molecule has 0 bridgehead atoms. The number of halogens is 3. The van der Waals surface area contributed by atoms with Crippen molar-refractivity contribution in [2.45, 2.75) is 55.4 Å². The van der Waals surface area contributed by atoms with Crippen LogP contribution in [0, 0.1) is 78.4 Å². The number of nitriles is 1. The summed E-state index contributed by atoms with van der Waals surface area (Å²) < 4.78 is 53.6. The molecule has 114 heavy (non-hydrogen) atoms. The maximum Gasteiger partial charge on any atom is 0.132 e. The molecule has 0 saturated carbocycles. The average molecular weight is 1530 g/mol. The highest BCUT2D eigenvalue weighted by atomic mass is 35.5. The normalized spacial score (nSPS) is 10.8. The van der Waals surface area contributed by atoms with Gasteiger partial charge in [-0.1, -0.05) is 139 Å². The molecule has 0 saturated heterocycles. The Morgan fingerprint density at radius 2 is 0.737 bits per heavy atom. The summed E-state index contributed by atoms with van der Waals surface area (Å²) in [6.07, 6.45) is 12.4. The first-order valence-electron chi connectivity index (χ1n) is 38.0. The maximum atomic E-state index is 13.2. The SMILES string of the molecule is COc1ccc2c(c1)c(C)cn2C.COc1cccc2c1c(C)cn2C.Cc1c(-c2ccccc2)n(-c2ccccc2)c2ccccc12.Cc1c(-c2ccccc2)n(C)c2ccccc12.Cc1cn(C)c2ccc(C#N)cc12.Cc1cn(C)c2ccc(Cl)cc12.Cc1cn(C)c2ccc(F)cc12.Cc1cn(C)c2cccc(F)c12. The molecule has 0 atom stereocenters. The van der Waals surface area contributed by atoms with Crippen molar-refractivity contribution in [3.05, 3.63) is 353 Å². The Morgan fingerprint density at radius 3 is 1.26 bits per heavy atom. The van der Waals surface area contributed by atoms with Crippen molar-refractivity contribution in [3.63, 3.8) is 0 Å². The van der Waals surface area contributed by atoms with E-state index in [4.69, 9.17) is 26.3 Å². The van der Waals surface area contributed by atoms with E-state index in [1.807, 2.05) is 124 Å². The van der Waals surface area contributed by atoms with E-state index in [9.17, 15) is 8.78 Å². The molecule has 11 aromatic carbocycles. The fourth-order valence-electron chi connectivity index (χ4n) is 15.7. The van der Waals surface area contributed by atoms with Crippen LogP contribution < -0.4 is 9.47 Å². The molecule has 0 unspecified atom stereocenters. The van der Waals surface area contributed by atoms with Gasteiger partial charge in [0.2, 0.25) is 0 Å². The third-order valence-electron chi connectivity index (χ3n) is 21.2. The summed E-state index contributed by atoms with van der Waals surface area (Å²) in [5, 5.41) is 18.8. The molecular weight excluding hydrogens is 1430 g/mol. The molecule has 8 aromatic heterocycles. The smallest absolute Gasteiger partial charge is 0.132 e. The Bertz CT molecular complexity index is 6500. The Hall–Kier alpha value is -13.0. The number of aromatic nitrogens is 8. The van der Waals surface area contributed by atoms with Crippen LogP contribution in [-0.2, 0) is 49.3 Å². The molecule has 576 valence electrons. The third kappa shape index (κ3) is 17.2. The highest BCUT2D eigenvalue weighted by Crippen LogP contribution is 2.37. The Kier molecular flexibility index (Phi) is 25.1. The minimum Gasteiger partial charge on any atom is -0.497 e. The molecule has 11 nitrogen and oxygen atoms in total. The monoisotopic (exact) mass is 1530 g/mol. The van der Waals surface area contributed by atoms with Gasteiger partial charge in [-0.25, -0.2) is 8.78 Å². The molecule has 0 N–H and O–H groups in total. The molecule has 0 radical (unpaired) electrons. The van der Waals surface area contributed by atoms with Gasteiger partial charge in [0.1, 0.15) is 23.1 Å². The van der Waals surface area contributed by atoms with E-state index in [0.29, 0.717) is 0 Å². The van der Waals surface area contributed by atoms with Crippen molar-refractivity contribution >= 4 is 98.8 Å². The Balaban J connectivity index is 0.000000122. The van der Waals surface area contributed by atoms with Gasteiger partial charge in [-0.05, 0) is 232 Å². The molecule has 0 fully saturated rings. The van der Waals surface area contributed by atoms with Crippen LogP contribution in [0.25, 0.3) is 115 Å². The van der Waals surface area contributed by atoms with E-state index in [0.717, 1.165) is 55.0 Å². The van der Waals surface area contributed by atoms with Crippen molar-refractivity contribution in [1.29, 1.82) is 5.26 Å². The van der Waals surface area contributed by atoms with Crippen molar-refractivity contribution < 1.29 is 18.3 Å². The number of aryl methyl sites for hydroxylation is 15. The van der Waals surface area contributed by atoms with E-state index in [2.05, 4.69) is 279 Å². The number of hydrogen-bond acceptors (Lipinski definition) is 3. The van der Waals surface area contributed by atoms with Gasteiger partial charge in [0, 0.05) is 168 Å². The summed E-state index contributed by atoms with van der Waals surface area (Å²) in [7, 11) is 17.6. The lowest BCUT2D eigenvalue weighted by molar-refractivity contribution is 0.415. The number of benzene rings is 11. The molecule has 19 aromatic rings. The lowest BCUT2D eigenvalue weighted by atomic mass is 10.1. The molecule has 0 amide bonds. The molecule has 0 aliphatic carbocycles. The van der Waals surface area contributed by atoms with Crippen LogP contribution in [0.1, 0.15) is 50.1 Å². The largest absolute Gasteiger partial charge is 0.497 e. The molecule has 8 heterocycles. The fourth-order valence-corrected chi connectivity index (χ4v) is 15.9. The molecule has 0 aliphatic heterocycles. The highest BCUT2D eigenvalue weighted by Gasteiger charge is 2.18. The first-order valence-corrected chi connectivity index (χ1v) is 38.3. The summed E-state index contributed by atoms with van der Waals surface area (Å²) >= 11 is 5.89. The zero-order chi connectivity index (χ0) is 81.2. The molecule has 0 aliphatic rings. The fraction of sp³-hybridized carbons (Fsp3) is 0.170. The zero-order valence-corrected chi connectivity index (χ0v) is 68.9. The summed E-state index contributed by atoms with van der Waals surface area (Å²) in [5.41, 5.74) is 26.3. The summed E-state index contributed by atoms with van der Waals surface area (Å²) in [6.45, 7) is 16.7.